The number of methoxy groups -OCH3 is 1. The molecule has 1 aromatic heterocycles. The van der Waals surface area contributed by atoms with Gasteiger partial charge in [-0.25, -0.2) is 14.2 Å². The maximum Gasteiger partial charge on any atom is 0.411 e. The first-order chi connectivity index (χ1) is 20.2. The molecule has 2 bridgehead atoms. The zero-order valence-corrected chi connectivity index (χ0v) is 24.1. The summed E-state index contributed by atoms with van der Waals surface area (Å²) in [4.78, 5) is 47.7. The number of hydrogen-bond donors (Lipinski definition) is 5. The smallest absolute Gasteiger partial charge is 0.411 e. The number of halogens is 2. The summed E-state index contributed by atoms with van der Waals surface area (Å²) < 4.78 is 19.4. The molecule has 1 unspecified atom stereocenters. The second-order valence-corrected chi connectivity index (χ2v) is 10.6. The van der Waals surface area contributed by atoms with Gasteiger partial charge >= 0.3 is 6.09 Å². The van der Waals surface area contributed by atoms with E-state index < -0.39 is 18.0 Å². The van der Waals surface area contributed by atoms with Crippen molar-refractivity contribution in [3.05, 3.63) is 70.5 Å². The van der Waals surface area contributed by atoms with E-state index in [1.807, 2.05) is 6.92 Å². The zero-order valence-electron chi connectivity index (χ0n) is 23.3. The Morgan fingerprint density at radius 2 is 2.02 bits per heavy atom. The molecule has 2 aromatic carbocycles. The number of rotatable bonds is 4. The summed E-state index contributed by atoms with van der Waals surface area (Å²) in [5.74, 6) is -0.915. The van der Waals surface area contributed by atoms with Gasteiger partial charge in [0.25, 0.3) is 5.91 Å². The number of benzene rings is 2. The topological polar surface area (TPSA) is 140 Å². The summed E-state index contributed by atoms with van der Waals surface area (Å²) in [6.07, 6.45) is 2.81. The summed E-state index contributed by atoms with van der Waals surface area (Å²) in [6.45, 7) is 3.79. The minimum Gasteiger partial charge on any atom is -0.453 e. The minimum atomic E-state index is -0.635. The first-order valence-corrected chi connectivity index (χ1v) is 13.9. The Bertz CT molecular complexity index is 1570. The van der Waals surface area contributed by atoms with Crippen molar-refractivity contribution in [1.29, 1.82) is 0 Å². The average Bonchev–Trinajstić information content (AvgIpc) is 3.60. The molecule has 5 rings (SSSR count). The largest absolute Gasteiger partial charge is 0.453 e. The van der Waals surface area contributed by atoms with E-state index in [4.69, 9.17) is 11.6 Å². The van der Waals surface area contributed by atoms with Gasteiger partial charge in [-0.15, -0.1) is 0 Å². The molecule has 0 saturated carbocycles. The Morgan fingerprint density at radius 3 is 2.81 bits per heavy atom. The summed E-state index contributed by atoms with van der Waals surface area (Å²) in [6, 6.07) is 9.34. The maximum absolute atomic E-state index is 14.7. The highest BCUT2D eigenvalue weighted by Gasteiger charge is 2.29. The molecule has 11 nitrogen and oxygen atoms in total. The number of nitrogens with one attached hydrogen (secondary N) is 5. The average molecular weight is 596 g/mol. The second-order valence-electron chi connectivity index (χ2n) is 10.2. The van der Waals surface area contributed by atoms with Crippen molar-refractivity contribution < 1.29 is 23.5 Å². The molecule has 42 heavy (non-hydrogen) atoms. The van der Waals surface area contributed by atoms with E-state index in [9.17, 15) is 18.8 Å². The van der Waals surface area contributed by atoms with Crippen LogP contribution in [-0.4, -0.2) is 41.7 Å². The van der Waals surface area contributed by atoms with Crippen LogP contribution in [-0.2, 0) is 14.3 Å². The van der Waals surface area contributed by atoms with Crippen molar-refractivity contribution in [2.75, 3.05) is 29.3 Å². The molecular formula is C29H31ClFN7O4. The number of imidazole rings is 1. The van der Waals surface area contributed by atoms with Gasteiger partial charge in [0.15, 0.2) is 5.82 Å². The number of aromatic amines is 1. The van der Waals surface area contributed by atoms with E-state index in [1.54, 1.807) is 48.4 Å². The molecule has 0 fully saturated rings. The molecule has 5 N–H and O–H groups in total. The molecular weight excluding hydrogens is 565 g/mol. The molecule has 2 aliphatic rings. The predicted molar refractivity (Wildman–Crippen MR) is 157 cm³/mol. The first-order valence-electron chi connectivity index (χ1n) is 13.5. The molecule has 3 amide bonds. The highest BCUT2D eigenvalue weighted by molar-refractivity contribution is 6.31. The van der Waals surface area contributed by atoms with Crippen molar-refractivity contribution in [2.45, 2.75) is 39.2 Å². The maximum atomic E-state index is 14.7. The Morgan fingerprint density at radius 1 is 1.21 bits per heavy atom. The fourth-order valence-corrected chi connectivity index (χ4v) is 5.22. The third kappa shape index (κ3) is 5.89. The lowest BCUT2D eigenvalue weighted by Crippen LogP contribution is -2.34. The van der Waals surface area contributed by atoms with Crippen LogP contribution in [0.1, 0.15) is 44.8 Å². The van der Waals surface area contributed by atoms with Gasteiger partial charge in [0.1, 0.15) is 11.5 Å². The molecule has 0 radical (unpaired) electrons. The number of carbonyl (C=O) groups is 3. The molecule has 0 aliphatic carbocycles. The van der Waals surface area contributed by atoms with Crippen molar-refractivity contribution >= 4 is 46.6 Å². The van der Waals surface area contributed by atoms with Gasteiger partial charge in [0.2, 0.25) is 5.91 Å². The lowest BCUT2D eigenvalue weighted by atomic mass is 9.98. The van der Waals surface area contributed by atoms with Gasteiger partial charge in [0.05, 0.1) is 48.1 Å². The van der Waals surface area contributed by atoms with Crippen LogP contribution in [0, 0.1) is 11.7 Å². The number of H-pyrrole nitrogens is 1. The molecule has 2 aliphatic heterocycles. The molecule has 0 spiro atoms. The number of anilines is 3. The number of carbonyl (C=O) groups excluding carboxylic acids is 3. The van der Waals surface area contributed by atoms with Crippen LogP contribution in [0.3, 0.4) is 0 Å². The van der Waals surface area contributed by atoms with Crippen molar-refractivity contribution in [3.63, 3.8) is 0 Å². The van der Waals surface area contributed by atoms with Gasteiger partial charge in [0, 0.05) is 22.9 Å². The monoisotopic (exact) mass is 595 g/mol. The van der Waals surface area contributed by atoms with Crippen molar-refractivity contribution in [1.82, 2.24) is 20.6 Å². The summed E-state index contributed by atoms with van der Waals surface area (Å²) in [5.41, 5.74) is 3.36. The van der Waals surface area contributed by atoms with E-state index in [0.717, 1.165) is 0 Å². The number of aromatic nitrogens is 2. The fraction of sp³-hybridized carbons (Fsp3) is 0.310. The lowest BCUT2D eigenvalue weighted by Gasteiger charge is -2.21. The van der Waals surface area contributed by atoms with E-state index >= 15 is 0 Å². The molecule has 220 valence electrons. The highest BCUT2D eigenvalue weighted by atomic mass is 35.5. The number of amides is 3. The molecule has 0 saturated heterocycles. The van der Waals surface area contributed by atoms with Crippen molar-refractivity contribution in [3.8, 4) is 11.4 Å². The first kappa shape index (κ1) is 28.9. The SMILES string of the molecule is COC(=O)Nc1ccc2c(c1)NC(=O)C(C)CCC[C@@H](NC(=O)C1=C(C)N(c3cccc(Cl)c3F)CN1)c1cnc-2[nH]1. The Balaban J connectivity index is 1.43. The normalized spacial score (nSPS) is 18.7. The summed E-state index contributed by atoms with van der Waals surface area (Å²) in [7, 11) is 1.27. The Kier molecular flexibility index (Phi) is 8.34. The third-order valence-electron chi connectivity index (χ3n) is 7.45. The lowest BCUT2D eigenvalue weighted by molar-refractivity contribution is -0.120. The molecule has 3 heterocycles. The zero-order chi connectivity index (χ0) is 30.0. The fourth-order valence-electron chi connectivity index (χ4n) is 5.05. The van der Waals surface area contributed by atoms with Crippen LogP contribution in [0.5, 0.6) is 0 Å². The number of ether oxygens (including phenoxy) is 1. The van der Waals surface area contributed by atoms with E-state index in [0.29, 0.717) is 59.1 Å². The number of nitrogens with zero attached hydrogens (tertiary/aromatic N) is 2. The van der Waals surface area contributed by atoms with Gasteiger partial charge in [-0.2, -0.15) is 0 Å². The van der Waals surface area contributed by atoms with E-state index in [2.05, 4.69) is 36.0 Å². The van der Waals surface area contributed by atoms with Crippen LogP contribution in [0.15, 0.2) is 54.0 Å². The Hall–Kier alpha value is -4.58. The van der Waals surface area contributed by atoms with Crippen LogP contribution in [0.4, 0.5) is 26.2 Å². The molecule has 3 aromatic rings. The van der Waals surface area contributed by atoms with Gasteiger partial charge in [-0.1, -0.05) is 31.0 Å². The Labute approximate surface area is 246 Å². The number of allylic oxidation sites excluding steroid dienone is 1. The van der Waals surface area contributed by atoms with Gasteiger partial charge in [-0.3, -0.25) is 14.9 Å². The van der Waals surface area contributed by atoms with E-state index in [-0.39, 0.29) is 35.1 Å². The third-order valence-corrected chi connectivity index (χ3v) is 7.74. The van der Waals surface area contributed by atoms with Crippen LogP contribution in [0.2, 0.25) is 5.02 Å². The number of hydrogen-bond acceptors (Lipinski definition) is 7. The predicted octanol–water partition coefficient (Wildman–Crippen LogP) is 5.26. The van der Waals surface area contributed by atoms with Crippen molar-refractivity contribution in [2.24, 2.45) is 5.92 Å². The quantitative estimate of drug-likeness (QED) is 0.277. The van der Waals surface area contributed by atoms with Gasteiger partial charge < -0.3 is 30.6 Å². The highest BCUT2D eigenvalue weighted by Crippen LogP contribution is 2.33. The molecule has 2 atom stereocenters. The standard InChI is InChI=1S/C29H31ClFN7O4/c1-15-6-4-8-20(36-28(40)25-16(2)38(14-33-25)23-9-5-7-19(30)24(23)31)22-13-32-26(35-22)18-11-10-17(34-29(41)42-3)12-21(18)37-27(15)39/h5,7,9-13,15,20,33H,4,6,8,14H2,1-3H3,(H,32,35)(H,34,41)(H,36,40)(H,37,39)/t15?,20-/m1/s1. The molecule has 13 heteroatoms. The summed E-state index contributed by atoms with van der Waals surface area (Å²) in [5, 5.41) is 11.7. The summed E-state index contributed by atoms with van der Waals surface area (Å²) >= 11 is 5.98. The minimum absolute atomic E-state index is 0.00177. The van der Waals surface area contributed by atoms with E-state index in [1.165, 1.54) is 13.2 Å². The number of fused-ring (bicyclic) bond motifs is 4. The van der Waals surface area contributed by atoms with Crippen LogP contribution in [0.25, 0.3) is 11.4 Å². The van der Waals surface area contributed by atoms with Gasteiger partial charge in [-0.05, 0) is 50.1 Å². The van der Waals surface area contributed by atoms with Crippen LogP contribution >= 0.6 is 11.6 Å². The second kappa shape index (κ2) is 12.1. The van der Waals surface area contributed by atoms with Crippen LogP contribution < -0.4 is 26.2 Å².